The number of amides is 2. The highest BCUT2D eigenvalue weighted by Gasteiger charge is 2.12. The van der Waals surface area contributed by atoms with Gasteiger partial charge in [0.05, 0.1) is 18.6 Å². The number of rotatable bonds is 9. The van der Waals surface area contributed by atoms with Crippen molar-refractivity contribution in [2.24, 2.45) is 5.92 Å². The van der Waals surface area contributed by atoms with Gasteiger partial charge in [0.15, 0.2) is 0 Å². The van der Waals surface area contributed by atoms with Gasteiger partial charge in [0.1, 0.15) is 0 Å². The molecule has 2 atom stereocenters. The lowest BCUT2D eigenvalue weighted by atomic mass is 10.1. The molecule has 0 aliphatic carbocycles. The molecule has 0 aromatic rings. The van der Waals surface area contributed by atoms with Gasteiger partial charge in [0.2, 0.25) is 0 Å². The Hall–Kier alpha value is -1.34. The number of urea groups is 1. The van der Waals surface area contributed by atoms with Crippen LogP contribution in [-0.4, -0.2) is 57.1 Å². The molecule has 0 aromatic heterocycles. The zero-order valence-corrected chi connectivity index (χ0v) is 11.1. The van der Waals surface area contributed by atoms with E-state index in [1.54, 1.807) is 14.0 Å². The van der Waals surface area contributed by atoms with Crippen LogP contribution in [0.1, 0.15) is 13.3 Å². The van der Waals surface area contributed by atoms with Crippen LogP contribution in [0.2, 0.25) is 0 Å². The number of nitrogens with one attached hydrogen (secondary N) is 2. The number of carbonyl (C=O) groups is 2. The van der Waals surface area contributed by atoms with E-state index in [-0.39, 0.29) is 12.1 Å². The molecule has 7 nitrogen and oxygen atoms in total. The molecule has 7 heteroatoms. The minimum absolute atomic E-state index is 0.196. The molecule has 0 aliphatic rings. The minimum Gasteiger partial charge on any atom is -0.481 e. The molecule has 2 amide bonds. The fourth-order valence-corrected chi connectivity index (χ4v) is 1.19. The summed E-state index contributed by atoms with van der Waals surface area (Å²) in [5.74, 6) is -1.33. The zero-order chi connectivity index (χ0) is 14.0. The smallest absolute Gasteiger partial charge is 0.314 e. The Bertz CT molecular complexity index is 260. The molecule has 0 aromatic carbocycles. The molecule has 3 N–H and O–H groups in total. The van der Waals surface area contributed by atoms with Gasteiger partial charge < -0.3 is 25.2 Å². The van der Waals surface area contributed by atoms with Gasteiger partial charge in [-0.25, -0.2) is 4.79 Å². The highest BCUT2D eigenvalue weighted by molar-refractivity contribution is 5.74. The van der Waals surface area contributed by atoms with Crippen LogP contribution in [0.15, 0.2) is 0 Å². The number of hydrogen-bond donors (Lipinski definition) is 3. The first-order valence-corrected chi connectivity index (χ1v) is 5.77. The first-order chi connectivity index (χ1) is 8.51. The summed E-state index contributed by atoms with van der Waals surface area (Å²) in [7, 11) is 3.09. The van der Waals surface area contributed by atoms with E-state index >= 15 is 0 Å². The van der Waals surface area contributed by atoms with Crippen LogP contribution in [-0.2, 0) is 14.3 Å². The Morgan fingerprint density at radius 3 is 2.44 bits per heavy atom. The fraction of sp³-hybridized carbons (Fsp3) is 0.818. The molecule has 0 saturated heterocycles. The lowest BCUT2D eigenvalue weighted by Crippen LogP contribution is -2.42. The van der Waals surface area contributed by atoms with Gasteiger partial charge in [0, 0.05) is 27.3 Å². The predicted molar refractivity (Wildman–Crippen MR) is 65.5 cm³/mol. The van der Waals surface area contributed by atoms with Gasteiger partial charge in [-0.15, -0.1) is 0 Å². The van der Waals surface area contributed by atoms with E-state index < -0.39 is 11.9 Å². The van der Waals surface area contributed by atoms with Crippen molar-refractivity contribution in [3.63, 3.8) is 0 Å². The molecule has 106 valence electrons. The lowest BCUT2D eigenvalue weighted by molar-refractivity contribution is -0.141. The van der Waals surface area contributed by atoms with E-state index in [1.807, 2.05) is 0 Å². The summed E-state index contributed by atoms with van der Waals surface area (Å²) in [6.45, 7) is 2.65. The first kappa shape index (κ1) is 16.7. The van der Waals surface area contributed by atoms with Crippen molar-refractivity contribution < 1.29 is 24.2 Å². The third-order valence-electron chi connectivity index (χ3n) is 2.46. The number of ether oxygens (including phenoxy) is 2. The van der Waals surface area contributed by atoms with Crippen LogP contribution < -0.4 is 10.6 Å². The van der Waals surface area contributed by atoms with E-state index in [1.165, 1.54) is 7.11 Å². The van der Waals surface area contributed by atoms with Crippen LogP contribution in [0.25, 0.3) is 0 Å². The van der Waals surface area contributed by atoms with E-state index in [9.17, 15) is 9.59 Å². The number of carboxylic acids is 1. The molecule has 0 fully saturated rings. The van der Waals surface area contributed by atoms with Crippen molar-refractivity contribution in [3.05, 3.63) is 0 Å². The summed E-state index contributed by atoms with van der Waals surface area (Å²) in [6.07, 6.45) is 0.202. The predicted octanol–water partition coefficient (Wildman–Crippen LogP) is 0.0578. The summed E-state index contributed by atoms with van der Waals surface area (Å²) >= 11 is 0. The van der Waals surface area contributed by atoms with Gasteiger partial charge in [-0.1, -0.05) is 6.92 Å². The number of carboxylic acid groups (broad SMARTS) is 1. The number of carbonyl (C=O) groups excluding carboxylic acids is 1. The van der Waals surface area contributed by atoms with Crippen LogP contribution >= 0.6 is 0 Å². The molecule has 0 spiro atoms. The Labute approximate surface area is 107 Å². The van der Waals surface area contributed by atoms with Crippen LogP contribution in [0.3, 0.4) is 0 Å². The Balaban J connectivity index is 3.68. The van der Waals surface area contributed by atoms with Gasteiger partial charge in [0.25, 0.3) is 0 Å². The van der Waals surface area contributed by atoms with Crippen molar-refractivity contribution in [1.82, 2.24) is 10.6 Å². The second kappa shape index (κ2) is 9.67. The summed E-state index contributed by atoms with van der Waals surface area (Å²) in [4.78, 5) is 21.9. The summed E-state index contributed by atoms with van der Waals surface area (Å²) in [5.41, 5.74) is 0. The van der Waals surface area contributed by atoms with Crippen LogP contribution in [0.4, 0.5) is 4.79 Å². The maximum absolute atomic E-state index is 11.4. The van der Waals surface area contributed by atoms with E-state index in [2.05, 4.69) is 10.6 Å². The standard InChI is InChI=1S/C11H22N2O5/c1-8(10(14)15)4-5-12-11(16)13-6-9(18-3)7-17-2/h8-9H,4-7H2,1-3H3,(H,14,15)(H2,12,13,16). The first-order valence-electron chi connectivity index (χ1n) is 5.77. The van der Waals surface area contributed by atoms with E-state index in [4.69, 9.17) is 14.6 Å². The van der Waals surface area contributed by atoms with Gasteiger partial charge in [-0.3, -0.25) is 4.79 Å². The number of hydrogen-bond acceptors (Lipinski definition) is 4. The molecule has 0 aliphatic heterocycles. The van der Waals surface area contributed by atoms with Crippen molar-refractivity contribution in [2.45, 2.75) is 19.4 Å². The third kappa shape index (κ3) is 7.86. The maximum atomic E-state index is 11.4. The second-order valence-electron chi connectivity index (χ2n) is 3.98. The topological polar surface area (TPSA) is 96.9 Å². The molecular weight excluding hydrogens is 240 g/mol. The lowest BCUT2D eigenvalue weighted by Gasteiger charge is -2.15. The van der Waals surface area contributed by atoms with Crippen LogP contribution in [0, 0.1) is 5.92 Å². The third-order valence-corrected chi connectivity index (χ3v) is 2.46. The average Bonchev–Trinajstić information content (AvgIpc) is 2.34. The monoisotopic (exact) mass is 262 g/mol. The Kier molecular flexibility index (Phi) is 8.95. The molecule has 0 rings (SSSR count). The van der Waals surface area contributed by atoms with Crippen molar-refractivity contribution in [3.8, 4) is 0 Å². The number of aliphatic carboxylic acids is 1. The fourth-order valence-electron chi connectivity index (χ4n) is 1.19. The minimum atomic E-state index is -0.864. The molecule has 2 unspecified atom stereocenters. The normalized spacial score (nSPS) is 13.7. The number of methoxy groups -OCH3 is 2. The molecular formula is C11H22N2O5. The summed E-state index contributed by atoms with van der Waals surface area (Å²) < 4.78 is 9.97. The van der Waals surface area contributed by atoms with Crippen molar-refractivity contribution in [2.75, 3.05) is 33.9 Å². The second-order valence-corrected chi connectivity index (χ2v) is 3.98. The molecule has 0 saturated carbocycles. The largest absolute Gasteiger partial charge is 0.481 e. The van der Waals surface area contributed by atoms with Crippen molar-refractivity contribution in [1.29, 1.82) is 0 Å². The van der Waals surface area contributed by atoms with E-state index in [0.29, 0.717) is 26.1 Å². The molecule has 0 radical (unpaired) electrons. The van der Waals surface area contributed by atoms with E-state index in [0.717, 1.165) is 0 Å². The summed E-state index contributed by atoms with van der Waals surface area (Å²) in [6, 6.07) is -0.342. The van der Waals surface area contributed by atoms with Crippen LogP contribution in [0.5, 0.6) is 0 Å². The van der Waals surface area contributed by atoms with Gasteiger partial charge in [-0.05, 0) is 6.42 Å². The molecule has 0 heterocycles. The molecule has 18 heavy (non-hydrogen) atoms. The van der Waals surface area contributed by atoms with Gasteiger partial charge in [-0.2, -0.15) is 0 Å². The average molecular weight is 262 g/mol. The highest BCUT2D eigenvalue weighted by atomic mass is 16.5. The maximum Gasteiger partial charge on any atom is 0.314 e. The Morgan fingerprint density at radius 1 is 1.28 bits per heavy atom. The zero-order valence-electron chi connectivity index (χ0n) is 11.1. The van der Waals surface area contributed by atoms with Crippen molar-refractivity contribution >= 4 is 12.0 Å². The molecule has 0 bridgehead atoms. The quantitative estimate of drug-likeness (QED) is 0.546. The van der Waals surface area contributed by atoms with Gasteiger partial charge >= 0.3 is 12.0 Å². The SMILES string of the molecule is COCC(CNC(=O)NCCC(C)C(=O)O)OC. The Morgan fingerprint density at radius 2 is 1.94 bits per heavy atom. The highest BCUT2D eigenvalue weighted by Crippen LogP contribution is 1.99. The summed E-state index contributed by atoms with van der Waals surface area (Å²) in [5, 5.41) is 13.9.